The molecule has 10 nitrogen and oxygen atoms in total. The van der Waals surface area contributed by atoms with E-state index in [2.05, 4.69) is 20.3 Å². The van der Waals surface area contributed by atoms with Gasteiger partial charge in [-0.05, 0) is 35.5 Å². The van der Waals surface area contributed by atoms with Crippen molar-refractivity contribution >= 4 is 22.8 Å². The first-order valence-electron chi connectivity index (χ1n) is 9.09. The van der Waals surface area contributed by atoms with Crippen LogP contribution in [0.5, 0.6) is 0 Å². The van der Waals surface area contributed by atoms with Gasteiger partial charge in [-0.15, -0.1) is 0 Å². The number of nitrogen functional groups attached to an aromatic ring is 1. The van der Waals surface area contributed by atoms with Crippen molar-refractivity contribution in [2.24, 2.45) is 11.7 Å². The first-order valence-corrected chi connectivity index (χ1v) is 9.09. The number of carbonyl (C=O) groups excluding carboxylic acids is 1. The predicted octanol–water partition coefficient (Wildman–Crippen LogP) is 0.647. The zero-order valence-electron chi connectivity index (χ0n) is 14.7. The molecule has 0 aromatic carbocycles. The van der Waals surface area contributed by atoms with Gasteiger partial charge in [-0.2, -0.15) is 0 Å². The molecule has 2 fully saturated rings. The molecule has 0 bridgehead atoms. The first kappa shape index (κ1) is 16.2. The zero-order chi connectivity index (χ0) is 18.5. The first-order chi connectivity index (χ1) is 13.1. The molecule has 0 radical (unpaired) electrons. The van der Waals surface area contributed by atoms with E-state index in [0.717, 1.165) is 31.3 Å². The Balaban J connectivity index is 1.67. The molecule has 4 heterocycles. The SMILES string of the molecule is Nc1nonc1-c1nc2cncc(C(=O)N3CC[C@H](N)C3)c2n1CC1CC1. The molecule has 1 saturated heterocycles. The maximum Gasteiger partial charge on any atom is 0.257 e. The second kappa shape index (κ2) is 6.02. The summed E-state index contributed by atoms with van der Waals surface area (Å²) in [6.07, 6.45) is 6.37. The normalized spacial score (nSPS) is 19.9. The quantitative estimate of drug-likeness (QED) is 0.683. The number of nitrogens with two attached hydrogens (primary N) is 2. The van der Waals surface area contributed by atoms with E-state index < -0.39 is 0 Å². The third kappa shape index (κ3) is 2.72. The highest BCUT2D eigenvalue weighted by atomic mass is 16.6. The van der Waals surface area contributed by atoms with E-state index in [0.29, 0.717) is 41.6 Å². The Hall–Kier alpha value is -3.01. The molecular weight excluding hydrogens is 348 g/mol. The summed E-state index contributed by atoms with van der Waals surface area (Å²) in [6.45, 7) is 1.95. The molecule has 1 aliphatic carbocycles. The number of imidazole rings is 1. The van der Waals surface area contributed by atoms with Crippen molar-refractivity contribution in [2.75, 3.05) is 18.8 Å². The highest BCUT2D eigenvalue weighted by molar-refractivity contribution is 6.05. The maximum absolute atomic E-state index is 13.1. The van der Waals surface area contributed by atoms with Crippen LogP contribution in [-0.2, 0) is 6.54 Å². The van der Waals surface area contributed by atoms with Crippen LogP contribution in [0.3, 0.4) is 0 Å². The molecule has 10 heteroatoms. The van der Waals surface area contributed by atoms with E-state index in [1.54, 1.807) is 17.3 Å². The number of pyridine rings is 1. The number of likely N-dealkylation sites (tertiary alicyclic amines) is 1. The average Bonchev–Trinajstić information content (AvgIpc) is 3.03. The maximum atomic E-state index is 13.1. The zero-order valence-corrected chi connectivity index (χ0v) is 14.7. The average molecular weight is 368 g/mol. The van der Waals surface area contributed by atoms with Crippen molar-refractivity contribution in [2.45, 2.75) is 31.8 Å². The highest BCUT2D eigenvalue weighted by Crippen LogP contribution is 2.36. The van der Waals surface area contributed by atoms with Gasteiger partial charge in [-0.25, -0.2) is 9.61 Å². The lowest BCUT2D eigenvalue weighted by molar-refractivity contribution is 0.0792. The van der Waals surface area contributed by atoms with E-state index >= 15 is 0 Å². The lowest BCUT2D eigenvalue weighted by atomic mass is 10.2. The van der Waals surface area contributed by atoms with Crippen LogP contribution < -0.4 is 11.5 Å². The molecule has 1 aliphatic heterocycles. The summed E-state index contributed by atoms with van der Waals surface area (Å²) in [5.41, 5.74) is 14.2. The number of carbonyl (C=O) groups is 1. The molecule has 2 aliphatic rings. The predicted molar refractivity (Wildman–Crippen MR) is 96.5 cm³/mol. The fourth-order valence-corrected chi connectivity index (χ4v) is 3.65. The van der Waals surface area contributed by atoms with Gasteiger partial charge in [0.25, 0.3) is 5.91 Å². The van der Waals surface area contributed by atoms with E-state index in [1.807, 2.05) is 4.57 Å². The molecule has 1 atom stereocenters. The van der Waals surface area contributed by atoms with E-state index in [4.69, 9.17) is 16.1 Å². The number of fused-ring (bicyclic) bond motifs is 1. The Morgan fingerprint density at radius 1 is 1.26 bits per heavy atom. The van der Waals surface area contributed by atoms with Gasteiger partial charge in [0.15, 0.2) is 17.3 Å². The van der Waals surface area contributed by atoms with Crippen LogP contribution in [0.4, 0.5) is 5.82 Å². The van der Waals surface area contributed by atoms with Crippen LogP contribution in [0.25, 0.3) is 22.6 Å². The molecule has 5 rings (SSSR count). The number of aromatic nitrogens is 5. The summed E-state index contributed by atoms with van der Waals surface area (Å²) in [6, 6.07) is 0.0223. The molecule has 140 valence electrons. The second-order valence-electron chi connectivity index (χ2n) is 7.34. The monoisotopic (exact) mass is 368 g/mol. The lowest BCUT2D eigenvalue weighted by Crippen LogP contribution is -2.32. The standard InChI is InChI=1S/C17H20N8O2/c18-10-3-4-24(8-10)17(26)11-5-20-6-12-14(11)25(7-9-1-2-9)16(21-12)13-15(19)23-27-22-13/h5-6,9-10H,1-4,7-8,18H2,(H2,19,23)/t10-/m0/s1. The van der Waals surface area contributed by atoms with Crippen molar-refractivity contribution < 1.29 is 9.42 Å². The summed E-state index contributed by atoms with van der Waals surface area (Å²) in [5, 5.41) is 7.57. The summed E-state index contributed by atoms with van der Waals surface area (Å²) < 4.78 is 6.77. The van der Waals surface area contributed by atoms with Gasteiger partial charge in [0, 0.05) is 31.9 Å². The molecule has 0 unspecified atom stereocenters. The van der Waals surface area contributed by atoms with Gasteiger partial charge in [-0.1, -0.05) is 0 Å². The Morgan fingerprint density at radius 3 is 2.78 bits per heavy atom. The molecule has 27 heavy (non-hydrogen) atoms. The van der Waals surface area contributed by atoms with Gasteiger partial charge >= 0.3 is 0 Å². The van der Waals surface area contributed by atoms with E-state index in [1.165, 1.54) is 0 Å². The van der Waals surface area contributed by atoms with Crippen LogP contribution in [0, 0.1) is 5.92 Å². The van der Waals surface area contributed by atoms with Crippen LogP contribution in [0.15, 0.2) is 17.0 Å². The van der Waals surface area contributed by atoms with Crippen molar-refractivity contribution in [3.05, 3.63) is 18.0 Å². The van der Waals surface area contributed by atoms with Gasteiger partial charge in [0.1, 0.15) is 5.52 Å². The Morgan fingerprint density at radius 2 is 2.11 bits per heavy atom. The van der Waals surface area contributed by atoms with Crippen molar-refractivity contribution in [3.8, 4) is 11.5 Å². The summed E-state index contributed by atoms with van der Waals surface area (Å²) >= 11 is 0. The number of anilines is 1. The minimum Gasteiger partial charge on any atom is -0.379 e. The third-order valence-corrected chi connectivity index (χ3v) is 5.26. The minimum atomic E-state index is -0.0733. The third-order valence-electron chi connectivity index (χ3n) is 5.26. The fraction of sp³-hybridized carbons (Fsp3) is 0.471. The summed E-state index contributed by atoms with van der Waals surface area (Å²) in [5.74, 6) is 1.21. The van der Waals surface area contributed by atoms with Crippen molar-refractivity contribution in [3.63, 3.8) is 0 Å². The van der Waals surface area contributed by atoms with Crippen molar-refractivity contribution in [1.29, 1.82) is 0 Å². The molecule has 3 aromatic rings. The second-order valence-corrected chi connectivity index (χ2v) is 7.34. The molecule has 1 saturated carbocycles. The molecule has 4 N–H and O–H groups in total. The van der Waals surface area contributed by atoms with Crippen LogP contribution in [0.2, 0.25) is 0 Å². The molecule has 3 aromatic heterocycles. The van der Waals surface area contributed by atoms with Crippen LogP contribution in [-0.4, -0.2) is 54.8 Å². The number of rotatable bonds is 4. The fourth-order valence-electron chi connectivity index (χ4n) is 3.65. The molecule has 1 amide bonds. The topological polar surface area (TPSA) is 142 Å². The largest absolute Gasteiger partial charge is 0.379 e. The Bertz CT molecular complexity index is 1020. The van der Waals surface area contributed by atoms with Crippen LogP contribution >= 0.6 is 0 Å². The lowest BCUT2D eigenvalue weighted by Gasteiger charge is -2.17. The Labute approximate surface area is 154 Å². The minimum absolute atomic E-state index is 0.0223. The Kier molecular flexibility index (Phi) is 3.61. The van der Waals surface area contributed by atoms with Gasteiger partial charge in [-0.3, -0.25) is 9.78 Å². The van der Waals surface area contributed by atoms with Gasteiger partial charge in [0.05, 0.1) is 17.3 Å². The van der Waals surface area contributed by atoms with Crippen molar-refractivity contribution in [1.82, 2.24) is 29.7 Å². The van der Waals surface area contributed by atoms with E-state index in [-0.39, 0.29) is 17.8 Å². The van der Waals surface area contributed by atoms with Gasteiger partial charge in [0.2, 0.25) is 0 Å². The smallest absolute Gasteiger partial charge is 0.257 e. The van der Waals surface area contributed by atoms with E-state index in [9.17, 15) is 4.79 Å². The number of hydrogen-bond donors (Lipinski definition) is 2. The molecular formula is C17H20N8O2. The molecule has 0 spiro atoms. The van der Waals surface area contributed by atoms with Crippen LogP contribution in [0.1, 0.15) is 29.6 Å². The number of amides is 1. The summed E-state index contributed by atoms with van der Waals surface area (Å²) in [7, 11) is 0. The number of nitrogens with zero attached hydrogens (tertiary/aromatic N) is 6. The highest BCUT2D eigenvalue weighted by Gasteiger charge is 2.31. The number of hydrogen-bond acceptors (Lipinski definition) is 8. The summed E-state index contributed by atoms with van der Waals surface area (Å²) in [4.78, 5) is 23.8. The van der Waals surface area contributed by atoms with Gasteiger partial charge < -0.3 is 20.9 Å².